The van der Waals surface area contributed by atoms with Crippen LogP contribution in [0.1, 0.15) is 23.2 Å². The van der Waals surface area contributed by atoms with Crippen molar-refractivity contribution >= 4 is 35.6 Å². The van der Waals surface area contributed by atoms with Crippen LogP contribution in [0.15, 0.2) is 24.4 Å². The molecule has 3 rings (SSSR count). The number of carbonyl (C=O) groups excluding carboxylic acids is 1. The SMILES string of the molecule is O=CNCc1cnc(N2CCC(c3cc(Cl)cc(Cl)c3)(C(F)(F)F)C2)nc1C(F)(F)F. The number of benzene rings is 1. The molecule has 31 heavy (non-hydrogen) atoms. The maximum Gasteiger partial charge on any atom is 0.433 e. The van der Waals surface area contributed by atoms with Gasteiger partial charge in [0.25, 0.3) is 0 Å². The van der Waals surface area contributed by atoms with Crippen molar-refractivity contribution in [3.8, 4) is 0 Å². The van der Waals surface area contributed by atoms with Crippen molar-refractivity contribution in [3.05, 3.63) is 51.3 Å². The van der Waals surface area contributed by atoms with E-state index in [0.717, 1.165) is 23.2 Å². The molecule has 1 unspecified atom stereocenters. The van der Waals surface area contributed by atoms with E-state index in [4.69, 9.17) is 23.2 Å². The molecular weight excluding hydrogens is 473 g/mol. The third-order valence-corrected chi connectivity index (χ3v) is 5.44. The molecule has 1 N–H and O–H groups in total. The molecule has 1 amide bonds. The Morgan fingerprint density at radius 3 is 2.32 bits per heavy atom. The Morgan fingerprint density at radius 1 is 1.13 bits per heavy atom. The average molecular weight is 487 g/mol. The highest BCUT2D eigenvalue weighted by Crippen LogP contribution is 2.49. The average Bonchev–Trinajstić information content (AvgIpc) is 3.11. The first-order valence-corrected chi connectivity index (χ1v) is 9.51. The fourth-order valence-corrected chi connectivity index (χ4v) is 4.04. The first kappa shape index (κ1) is 23.4. The minimum absolute atomic E-state index is 0.00668. The number of nitrogens with one attached hydrogen (secondary N) is 1. The van der Waals surface area contributed by atoms with Crippen LogP contribution in [0.5, 0.6) is 0 Å². The highest BCUT2D eigenvalue weighted by molar-refractivity contribution is 6.34. The molecule has 1 saturated heterocycles. The number of hydrogen-bond acceptors (Lipinski definition) is 4. The van der Waals surface area contributed by atoms with Crippen LogP contribution >= 0.6 is 23.2 Å². The molecule has 0 aliphatic carbocycles. The van der Waals surface area contributed by atoms with Gasteiger partial charge in [0.15, 0.2) is 5.69 Å². The van der Waals surface area contributed by atoms with Gasteiger partial charge in [-0.25, -0.2) is 9.97 Å². The minimum atomic E-state index is -4.89. The van der Waals surface area contributed by atoms with E-state index in [1.54, 1.807) is 0 Å². The van der Waals surface area contributed by atoms with Gasteiger partial charge in [-0.05, 0) is 30.2 Å². The van der Waals surface area contributed by atoms with Gasteiger partial charge in [0.1, 0.15) is 5.41 Å². The summed E-state index contributed by atoms with van der Waals surface area (Å²) >= 11 is 11.8. The van der Waals surface area contributed by atoms with Crippen LogP contribution in [0.3, 0.4) is 0 Å². The van der Waals surface area contributed by atoms with Crippen LogP contribution in [0, 0.1) is 0 Å². The van der Waals surface area contributed by atoms with Crippen LogP contribution in [0.25, 0.3) is 0 Å². The van der Waals surface area contributed by atoms with E-state index in [9.17, 15) is 31.1 Å². The van der Waals surface area contributed by atoms with Crippen molar-refractivity contribution in [2.24, 2.45) is 0 Å². The lowest BCUT2D eigenvalue weighted by molar-refractivity contribution is -0.184. The van der Waals surface area contributed by atoms with Crippen molar-refractivity contribution in [2.45, 2.75) is 30.7 Å². The third kappa shape index (κ3) is 4.67. The Labute approximate surface area is 182 Å². The quantitative estimate of drug-likeness (QED) is 0.489. The molecule has 0 saturated carbocycles. The first-order valence-electron chi connectivity index (χ1n) is 8.76. The van der Waals surface area contributed by atoms with Gasteiger partial charge < -0.3 is 10.2 Å². The van der Waals surface area contributed by atoms with E-state index < -0.39 is 54.5 Å². The summed E-state index contributed by atoms with van der Waals surface area (Å²) in [7, 11) is 0. The second-order valence-corrected chi connectivity index (χ2v) is 7.82. The molecule has 168 valence electrons. The molecular formula is C18H14Cl2F6N4O. The van der Waals surface area contributed by atoms with Crippen LogP contribution in [0.4, 0.5) is 32.3 Å². The number of alkyl halides is 6. The molecule has 0 radical (unpaired) electrons. The number of amides is 1. The van der Waals surface area contributed by atoms with Gasteiger partial charge >= 0.3 is 12.4 Å². The fraction of sp³-hybridized carbons (Fsp3) is 0.389. The van der Waals surface area contributed by atoms with Crippen LogP contribution in [0.2, 0.25) is 10.0 Å². The van der Waals surface area contributed by atoms with Crippen molar-refractivity contribution in [2.75, 3.05) is 18.0 Å². The Morgan fingerprint density at radius 2 is 1.77 bits per heavy atom. The summed E-state index contributed by atoms with van der Waals surface area (Å²) in [5, 5.41) is 2.10. The van der Waals surface area contributed by atoms with E-state index in [0.29, 0.717) is 0 Å². The number of anilines is 1. The highest BCUT2D eigenvalue weighted by atomic mass is 35.5. The number of aromatic nitrogens is 2. The van der Waals surface area contributed by atoms with Crippen molar-refractivity contribution in [3.63, 3.8) is 0 Å². The van der Waals surface area contributed by atoms with E-state index >= 15 is 0 Å². The lowest BCUT2D eigenvalue weighted by Crippen LogP contribution is -2.45. The second-order valence-electron chi connectivity index (χ2n) is 6.95. The molecule has 1 fully saturated rings. The maximum absolute atomic E-state index is 14.2. The zero-order valence-corrected chi connectivity index (χ0v) is 17.0. The smallest absolute Gasteiger partial charge is 0.354 e. The molecule has 1 aliphatic heterocycles. The van der Waals surface area contributed by atoms with Gasteiger partial charge in [0.05, 0.1) is 0 Å². The summed E-state index contributed by atoms with van der Waals surface area (Å²) in [5.74, 6) is -0.499. The number of halogens is 8. The van der Waals surface area contributed by atoms with Crippen LogP contribution < -0.4 is 10.2 Å². The summed E-state index contributed by atoms with van der Waals surface area (Å²) in [6.07, 6.45) is -9.03. The molecule has 1 atom stereocenters. The number of rotatable bonds is 5. The number of carbonyl (C=O) groups is 1. The topological polar surface area (TPSA) is 58.1 Å². The standard InChI is InChI=1S/C18H14Cl2F6N4O/c19-12-3-11(4-13(20)5-12)16(18(24,25)26)1-2-30(8-16)15-28-7-10(6-27-9-31)14(29-15)17(21,22)23/h3-5,7,9H,1-2,6,8H2,(H,27,31). The molecule has 5 nitrogen and oxygen atoms in total. The summed E-state index contributed by atoms with van der Waals surface area (Å²) in [6, 6.07) is 3.56. The van der Waals surface area contributed by atoms with Gasteiger partial charge in [-0.15, -0.1) is 0 Å². The Hall–Kier alpha value is -2.27. The van der Waals surface area contributed by atoms with Crippen molar-refractivity contribution in [1.29, 1.82) is 0 Å². The monoisotopic (exact) mass is 486 g/mol. The molecule has 0 spiro atoms. The minimum Gasteiger partial charge on any atom is -0.354 e. The second kappa shape index (κ2) is 8.34. The maximum atomic E-state index is 14.2. The lowest BCUT2D eigenvalue weighted by Gasteiger charge is -2.32. The van der Waals surface area contributed by atoms with E-state index in [-0.39, 0.29) is 28.6 Å². The number of nitrogens with zero attached hydrogens (tertiary/aromatic N) is 3. The van der Waals surface area contributed by atoms with Gasteiger partial charge in [-0.1, -0.05) is 23.2 Å². The Balaban J connectivity index is 2.01. The molecule has 2 heterocycles. The lowest BCUT2D eigenvalue weighted by atomic mass is 9.79. The summed E-state index contributed by atoms with van der Waals surface area (Å²) in [5.41, 5.74) is -4.35. The normalized spacial score (nSPS) is 19.5. The molecule has 1 aromatic carbocycles. The Kier molecular flexibility index (Phi) is 6.30. The summed E-state index contributed by atoms with van der Waals surface area (Å²) in [4.78, 5) is 18.7. The molecule has 1 aromatic heterocycles. The van der Waals surface area contributed by atoms with Crippen LogP contribution in [-0.2, 0) is 22.9 Å². The third-order valence-electron chi connectivity index (χ3n) is 5.01. The summed E-state index contributed by atoms with van der Waals surface area (Å²) < 4.78 is 82.7. The Bertz CT molecular complexity index is 964. The molecule has 2 aromatic rings. The van der Waals surface area contributed by atoms with E-state index in [1.165, 1.54) is 6.07 Å². The highest BCUT2D eigenvalue weighted by Gasteiger charge is 2.59. The van der Waals surface area contributed by atoms with Crippen molar-refractivity contribution < 1.29 is 31.1 Å². The summed E-state index contributed by atoms with van der Waals surface area (Å²) in [6.45, 7) is -1.44. The zero-order chi connectivity index (χ0) is 23.0. The first-order chi connectivity index (χ1) is 14.4. The number of hydrogen-bond donors (Lipinski definition) is 1. The van der Waals surface area contributed by atoms with Gasteiger partial charge in [0.2, 0.25) is 12.4 Å². The van der Waals surface area contributed by atoms with Gasteiger partial charge in [-0.3, -0.25) is 4.79 Å². The predicted octanol–water partition coefficient (Wildman–Crippen LogP) is 4.76. The van der Waals surface area contributed by atoms with Gasteiger partial charge in [0, 0.05) is 41.4 Å². The molecule has 0 bridgehead atoms. The predicted molar refractivity (Wildman–Crippen MR) is 101 cm³/mol. The van der Waals surface area contributed by atoms with E-state index in [1.807, 2.05) is 0 Å². The van der Waals surface area contributed by atoms with Gasteiger partial charge in [-0.2, -0.15) is 26.3 Å². The van der Waals surface area contributed by atoms with E-state index in [2.05, 4.69) is 15.3 Å². The van der Waals surface area contributed by atoms with Crippen LogP contribution in [-0.4, -0.2) is 35.6 Å². The molecule has 13 heteroatoms. The largest absolute Gasteiger partial charge is 0.433 e. The molecule has 1 aliphatic rings. The zero-order valence-electron chi connectivity index (χ0n) is 15.5. The van der Waals surface area contributed by atoms with Crippen molar-refractivity contribution in [1.82, 2.24) is 15.3 Å². The fourth-order valence-electron chi connectivity index (χ4n) is 3.52.